The minimum absolute atomic E-state index is 0.480. The standard InChI is InChI=1S/C10H12BrN3OS/c1-6(2)4-12-10-13-9(14-15-10)8-3-7(11)5-16-8/h3,5-6H,4H2,1-2H3,(H,12,13,14). The van der Waals surface area contributed by atoms with E-state index in [0.29, 0.717) is 17.8 Å². The molecule has 2 aromatic heterocycles. The van der Waals surface area contributed by atoms with Crippen LogP contribution in [0.15, 0.2) is 20.4 Å². The topological polar surface area (TPSA) is 51.0 Å². The predicted molar refractivity (Wildman–Crippen MR) is 68.6 cm³/mol. The lowest BCUT2D eigenvalue weighted by atomic mass is 10.2. The predicted octanol–water partition coefficient (Wildman–Crippen LogP) is 3.63. The molecule has 0 aliphatic carbocycles. The lowest BCUT2D eigenvalue weighted by Gasteiger charge is -2.02. The van der Waals surface area contributed by atoms with Crippen LogP contribution in [0.25, 0.3) is 10.7 Å². The van der Waals surface area contributed by atoms with Crippen molar-refractivity contribution in [3.63, 3.8) is 0 Å². The Hall–Kier alpha value is -0.880. The van der Waals surface area contributed by atoms with Gasteiger partial charge in [0.15, 0.2) is 0 Å². The summed E-state index contributed by atoms with van der Waals surface area (Å²) in [5.41, 5.74) is 0. The summed E-state index contributed by atoms with van der Waals surface area (Å²) in [5, 5.41) is 9.01. The summed E-state index contributed by atoms with van der Waals surface area (Å²) in [7, 11) is 0. The van der Waals surface area contributed by atoms with Gasteiger partial charge in [-0.2, -0.15) is 4.98 Å². The Morgan fingerprint density at radius 1 is 1.56 bits per heavy atom. The molecule has 16 heavy (non-hydrogen) atoms. The van der Waals surface area contributed by atoms with E-state index in [0.717, 1.165) is 15.9 Å². The van der Waals surface area contributed by atoms with Gasteiger partial charge in [-0.15, -0.1) is 11.3 Å². The Kier molecular flexibility index (Phi) is 3.60. The molecule has 1 N–H and O–H groups in total. The fourth-order valence-electron chi connectivity index (χ4n) is 1.12. The Morgan fingerprint density at radius 3 is 3.00 bits per heavy atom. The van der Waals surface area contributed by atoms with Crippen molar-refractivity contribution in [1.29, 1.82) is 0 Å². The van der Waals surface area contributed by atoms with Crippen LogP contribution < -0.4 is 5.32 Å². The maximum absolute atomic E-state index is 5.10. The Bertz CT molecular complexity index is 466. The van der Waals surface area contributed by atoms with Gasteiger partial charge in [-0.25, -0.2) is 0 Å². The molecular weight excluding hydrogens is 290 g/mol. The molecule has 0 aliphatic heterocycles. The van der Waals surface area contributed by atoms with Crippen molar-refractivity contribution in [3.05, 3.63) is 15.9 Å². The Morgan fingerprint density at radius 2 is 2.38 bits per heavy atom. The van der Waals surface area contributed by atoms with E-state index in [2.05, 4.69) is 45.2 Å². The van der Waals surface area contributed by atoms with Crippen LogP contribution in [0.3, 0.4) is 0 Å². The fourth-order valence-corrected chi connectivity index (χ4v) is 2.47. The third kappa shape index (κ3) is 2.82. The van der Waals surface area contributed by atoms with E-state index in [4.69, 9.17) is 4.52 Å². The van der Waals surface area contributed by atoms with Crippen molar-refractivity contribution >= 4 is 33.3 Å². The highest BCUT2D eigenvalue weighted by atomic mass is 79.9. The van der Waals surface area contributed by atoms with Crippen LogP contribution in [0, 0.1) is 5.92 Å². The molecule has 2 heterocycles. The number of halogens is 1. The quantitative estimate of drug-likeness (QED) is 0.937. The molecule has 0 unspecified atom stereocenters. The van der Waals surface area contributed by atoms with Gasteiger partial charge in [0.2, 0.25) is 5.82 Å². The van der Waals surface area contributed by atoms with Crippen LogP contribution in [0.1, 0.15) is 13.8 Å². The molecule has 4 nitrogen and oxygen atoms in total. The number of rotatable bonds is 4. The first-order valence-electron chi connectivity index (χ1n) is 4.97. The van der Waals surface area contributed by atoms with Gasteiger partial charge < -0.3 is 9.84 Å². The highest BCUT2D eigenvalue weighted by Gasteiger charge is 2.10. The maximum Gasteiger partial charge on any atom is 0.321 e. The number of nitrogens with one attached hydrogen (secondary N) is 1. The monoisotopic (exact) mass is 301 g/mol. The first-order chi connectivity index (χ1) is 7.65. The van der Waals surface area contributed by atoms with E-state index in [9.17, 15) is 0 Å². The molecule has 0 amide bonds. The van der Waals surface area contributed by atoms with Gasteiger partial charge in [-0.3, -0.25) is 0 Å². The van der Waals surface area contributed by atoms with E-state index in [1.54, 1.807) is 11.3 Å². The highest BCUT2D eigenvalue weighted by Crippen LogP contribution is 2.28. The first-order valence-corrected chi connectivity index (χ1v) is 6.64. The number of hydrogen-bond acceptors (Lipinski definition) is 5. The van der Waals surface area contributed by atoms with E-state index in [1.165, 1.54) is 0 Å². The normalized spacial score (nSPS) is 11.0. The van der Waals surface area contributed by atoms with Crippen LogP contribution in [-0.4, -0.2) is 16.7 Å². The molecule has 0 saturated carbocycles. The average Bonchev–Trinajstić information content (AvgIpc) is 2.83. The van der Waals surface area contributed by atoms with Crippen LogP contribution in [0.5, 0.6) is 0 Å². The van der Waals surface area contributed by atoms with Crippen molar-refractivity contribution < 1.29 is 4.52 Å². The van der Waals surface area contributed by atoms with Crippen molar-refractivity contribution in [1.82, 2.24) is 10.1 Å². The second-order valence-electron chi connectivity index (χ2n) is 3.83. The summed E-state index contributed by atoms with van der Waals surface area (Å²) in [5.74, 6) is 1.17. The van der Waals surface area contributed by atoms with E-state index < -0.39 is 0 Å². The molecule has 0 radical (unpaired) electrons. The van der Waals surface area contributed by atoms with Crippen molar-refractivity contribution in [2.45, 2.75) is 13.8 Å². The van der Waals surface area contributed by atoms with Crippen LogP contribution in [0.2, 0.25) is 0 Å². The molecule has 0 aromatic carbocycles. The average molecular weight is 302 g/mol. The minimum Gasteiger partial charge on any atom is -0.337 e. The number of nitrogens with zero attached hydrogens (tertiary/aromatic N) is 2. The maximum atomic E-state index is 5.10. The molecule has 0 fully saturated rings. The summed E-state index contributed by atoms with van der Waals surface area (Å²) >= 11 is 4.98. The van der Waals surface area contributed by atoms with Gasteiger partial charge in [0.1, 0.15) is 0 Å². The number of hydrogen-bond donors (Lipinski definition) is 1. The molecule has 0 spiro atoms. The molecule has 0 atom stereocenters. The van der Waals surface area contributed by atoms with Crippen molar-refractivity contribution in [3.8, 4) is 10.7 Å². The van der Waals surface area contributed by atoms with Gasteiger partial charge in [-0.05, 0) is 27.9 Å². The smallest absolute Gasteiger partial charge is 0.321 e. The summed E-state index contributed by atoms with van der Waals surface area (Å²) in [6.45, 7) is 5.08. The molecular formula is C10H12BrN3OS. The van der Waals surface area contributed by atoms with Gasteiger partial charge in [0, 0.05) is 16.4 Å². The highest BCUT2D eigenvalue weighted by molar-refractivity contribution is 9.10. The lowest BCUT2D eigenvalue weighted by Crippen LogP contribution is -2.07. The van der Waals surface area contributed by atoms with Gasteiger partial charge in [-0.1, -0.05) is 19.0 Å². The summed E-state index contributed by atoms with van der Waals surface area (Å²) in [6, 6.07) is 2.45. The second-order valence-corrected chi connectivity index (χ2v) is 5.65. The minimum atomic E-state index is 0.480. The summed E-state index contributed by atoms with van der Waals surface area (Å²) < 4.78 is 6.13. The molecule has 6 heteroatoms. The number of thiophene rings is 1. The largest absolute Gasteiger partial charge is 0.337 e. The Labute approximate surface area is 106 Å². The van der Waals surface area contributed by atoms with Crippen LogP contribution >= 0.6 is 27.3 Å². The molecule has 0 bridgehead atoms. The summed E-state index contributed by atoms with van der Waals surface area (Å²) in [6.07, 6.45) is 0. The number of aromatic nitrogens is 2. The zero-order valence-electron chi connectivity index (χ0n) is 9.03. The lowest BCUT2D eigenvalue weighted by molar-refractivity contribution is 0.430. The van der Waals surface area contributed by atoms with E-state index in [-0.39, 0.29) is 0 Å². The molecule has 2 rings (SSSR count). The number of anilines is 1. The third-order valence-corrected chi connectivity index (χ3v) is 3.56. The second kappa shape index (κ2) is 4.97. The molecule has 2 aromatic rings. The van der Waals surface area contributed by atoms with Gasteiger partial charge >= 0.3 is 6.01 Å². The van der Waals surface area contributed by atoms with Crippen LogP contribution in [0.4, 0.5) is 6.01 Å². The molecule has 86 valence electrons. The molecule has 0 aliphatic rings. The SMILES string of the molecule is CC(C)CNc1nc(-c2cc(Br)cs2)no1. The van der Waals surface area contributed by atoms with Crippen molar-refractivity contribution in [2.24, 2.45) is 5.92 Å². The van der Waals surface area contributed by atoms with E-state index >= 15 is 0 Å². The van der Waals surface area contributed by atoms with E-state index in [1.807, 2.05) is 11.4 Å². The summed E-state index contributed by atoms with van der Waals surface area (Å²) in [4.78, 5) is 5.26. The molecule has 0 saturated heterocycles. The van der Waals surface area contributed by atoms with Gasteiger partial charge in [0.25, 0.3) is 0 Å². The zero-order valence-corrected chi connectivity index (χ0v) is 11.4. The van der Waals surface area contributed by atoms with Crippen molar-refractivity contribution in [2.75, 3.05) is 11.9 Å². The third-order valence-electron chi connectivity index (χ3n) is 1.88. The fraction of sp³-hybridized carbons (Fsp3) is 0.400. The zero-order chi connectivity index (χ0) is 11.5. The van der Waals surface area contributed by atoms with Gasteiger partial charge in [0.05, 0.1) is 4.88 Å². The first kappa shape index (κ1) is 11.6. The van der Waals surface area contributed by atoms with Crippen LogP contribution in [-0.2, 0) is 0 Å². The Balaban J connectivity index is 2.07.